The van der Waals surface area contributed by atoms with Gasteiger partial charge < -0.3 is 5.11 Å². The molecule has 0 radical (unpaired) electrons. The topological polar surface area (TPSA) is 20.2 Å². The molecule has 1 heteroatoms. The number of rotatable bonds is 6. The lowest BCUT2D eigenvalue weighted by molar-refractivity contribution is 0.218. The smallest absolute Gasteiger partial charge is 0.114 e. The van der Waals surface area contributed by atoms with Crippen molar-refractivity contribution < 1.29 is 5.11 Å². The zero-order valence-electron chi connectivity index (χ0n) is 8.97. The van der Waals surface area contributed by atoms with Crippen LogP contribution in [-0.2, 0) is 0 Å². The maximum Gasteiger partial charge on any atom is 0.114 e. The Labute approximate surface area is 82.5 Å². The van der Waals surface area contributed by atoms with Gasteiger partial charge in [0.15, 0.2) is 0 Å². The van der Waals surface area contributed by atoms with Crippen molar-refractivity contribution in [3.05, 3.63) is 0 Å². The third-order valence-electron chi connectivity index (χ3n) is 2.01. The fourth-order valence-corrected chi connectivity index (χ4v) is 1.12. The molecule has 0 heterocycles. The van der Waals surface area contributed by atoms with Crippen LogP contribution in [0.4, 0.5) is 0 Å². The summed E-state index contributed by atoms with van der Waals surface area (Å²) in [6.45, 7) is 4.31. The van der Waals surface area contributed by atoms with Crippen LogP contribution in [0.25, 0.3) is 0 Å². The molecule has 0 aromatic carbocycles. The molecule has 0 amide bonds. The third kappa shape index (κ3) is 9.43. The maximum atomic E-state index is 9.36. The molecule has 0 aromatic rings. The summed E-state index contributed by atoms with van der Waals surface area (Å²) in [5.74, 6) is 5.91. The van der Waals surface area contributed by atoms with Crippen LogP contribution < -0.4 is 0 Å². The molecule has 1 N–H and O–H groups in total. The Morgan fingerprint density at radius 3 is 2.38 bits per heavy atom. The molecule has 1 atom stereocenters. The molecule has 1 nitrogen and oxygen atoms in total. The lowest BCUT2D eigenvalue weighted by atomic mass is 10.1. The molecule has 0 fully saturated rings. The van der Waals surface area contributed by atoms with Crippen LogP contribution in [0.5, 0.6) is 0 Å². The molecule has 0 spiro atoms. The summed E-state index contributed by atoms with van der Waals surface area (Å²) in [6.07, 6.45) is 7.25. The molecule has 13 heavy (non-hydrogen) atoms. The van der Waals surface area contributed by atoms with E-state index >= 15 is 0 Å². The van der Waals surface area contributed by atoms with Crippen LogP contribution in [0.3, 0.4) is 0 Å². The minimum atomic E-state index is -0.387. The van der Waals surface area contributed by atoms with Gasteiger partial charge in [-0.3, -0.25) is 0 Å². The highest BCUT2D eigenvalue weighted by atomic mass is 16.3. The molecule has 1 unspecified atom stereocenters. The summed E-state index contributed by atoms with van der Waals surface area (Å²) in [5, 5.41) is 9.36. The third-order valence-corrected chi connectivity index (χ3v) is 2.01. The van der Waals surface area contributed by atoms with Crippen LogP contribution in [0, 0.1) is 11.8 Å². The summed E-state index contributed by atoms with van der Waals surface area (Å²) in [7, 11) is 0. The molecule has 76 valence electrons. The Kier molecular flexibility index (Phi) is 9.25. The van der Waals surface area contributed by atoms with Crippen molar-refractivity contribution in [3.63, 3.8) is 0 Å². The Balaban J connectivity index is 3.34. The van der Waals surface area contributed by atoms with Crippen molar-refractivity contribution in [1.29, 1.82) is 0 Å². The van der Waals surface area contributed by atoms with E-state index in [1.54, 1.807) is 0 Å². The van der Waals surface area contributed by atoms with Gasteiger partial charge in [0.1, 0.15) is 6.10 Å². The van der Waals surface area contributed by atoms with E-state index in [-0.39, 0.29) is 6.10 Å². The van der Waals surface area contributed by atoms with Crippen molar-refractivity contribution in [2.45, 2.75) is 64.9 Å². The lowest BCUT2D eigenvalue weighted by Crippen LogP contribution is -2.01. The standard InChI is InChI=1S/C12H22O/c1-3-5-7-8-9-11-12(13)10-6-4-2/h12-13H,3-8,10H2,1-2H3. The second-order valence-corrected chi connectivity index (χ2v) is 3.44. The number of hydrogen-bond acceptors (Lipinski definition) is 1. The zero-order chi connectivity index (χ0) is 9.94. The average molecular weight is 182 g/mol. The quantitative estimate of drug-likeness (QED) is 0.494. The summed E-state index contributed by atoms with van der Waals surface area (Å²) < 4.78 is 0. The highest BCUT2D eigenvalue weighted by molar-refractivity contribution is 5.04. The van der Waals surface area contributed by atoms with Gasteiger partial charge >= 0.3 is 0 Å². The number of hydrogen-bond donors (Lipinski definition) is 1. The Morgan fingerprint density at radius 2 is 1.77 bits per heavy atom. The second kappa shape index (κ2) is 9.61. The maximum absolute atomic E-state index is 9.36. The van der Waals surface area contributed by atoms with E-state index in [0.717, 1.165) is 25.7 Å². The van der Waals surface area contributed by atoms with E-state index in [0.29, 0.717) is 0 Å². The summed E-state index contributed by atoms with van der Waals surface area (Å²) in [5.41, 5.74) is 0. The molecular weight excluding hydrogens is 160 g/mol. The summed E-state index contributed by atoms with van der Waals surface area (Å²) >= 11 is 0. The van der Waals surface area contributed by atoms with Gasteiger partial charge in [0, 0.05) is 6.42 Å². The van der Waals surface area contributed by atoms with Crippen LogP contribution in [0.1, 0.15) is 58.8 Å². The number of aliphatic hydroxyl groups excluding tert-OH is 1. The van der Waals surface area contributed by atoms with Gasteiger partial charge in [0.25, 0.3) is 0 Å². The predicted molar refractivity (Wildman–Crippen MR) is 57.4 cm³/mol. The largest absolute Gasteiger partial charge is 0.380 e. The Morgan fingerprint density at radius 1 is 1.08 bits per heavy atom. The monoisotopic (exact) mass is 182 g/mol. The van der Waals surface area contributed by atoms with Crippen LogP contribution >= 0.6 is 0 Å². The fourth-order valence-electron chi connectivity index (χ4n) is 1.12. The normalized spacial score (nSPS) is 11.9. The van der Waals surface area contributed by atoms with E-state index in [2.05, 4.69) is 25.7 Å². The first kappa shape index (κ1) is 12.5. The van der Waals surface area contributed by atoms with Crippen molar-refractivity contribution in [1.82, 2.24) is 0 Å². The SMILES string of the molecule is CCCCCC#CC(O)CCCC. The molecule has 0 aromatic heterocycles. The van der Waals surface area contributed by atoms with Crippen molar-refractivity contribution in [2.75, 3.05) is 0 Å². The highest BCUT2D eigenvalue weighted by Gasteiger charge is 1.95. The van der Waals surface area contributed by atoms with Gasteiger partial charge in [-0.25, -0.2) is 0 Å². The zero-order valence-corrected chi connectivity index (χ0v) is 8.97. The first-order valence-electron chi connectivity index (χ1n) is 5.47. The van der Waals surface area contributed by atoms with E-state index in [9.17, 15) is 5.11 Å². The van der Waals surface area contributed by atoms with E-state index in [1.807, 2.05) is 0 Å². The average Bonchev–Trinajstić information content (AvgIpc) is 2.14. The molecule has 0 saturated heterocycles. The van der Waals surface area contributed by atoms with Crippen molar-refractivity contribution in [2.24, 2.45) is 0 Å². The van der Waals surface area contributed by atoms with Gasteiger partial charge in [-0.1, -0.05) is 45.5 Å². The first-order valence-corrected chi connectivity index (χ1v) is 5.47. The van der Waals surface area contributed by atoms with Crippen LogP contribution in [0.2, 0.25) is 0 Å². The summed E-state index contributed by atoms with van der Waals surface area (Å²) in [6, 6.07) is 0. The van der Waals surface area contributed by atoms with Gasteiger partial charge in [-0.15, -0.1) is 5.92 Å². The minimum absolute atomic E-state index is 0.387. The second-order valence-electron chi connectivity index (χ2n) is 3.44. The van der Waals surface area contributed by atoms with Crippen LogP contribution in [-0.4, -0.2) is 11.2 Å². The van der Waals surface area contributed by atoms with Crippen LogP contribution in [0.15, 0.2) is 0 Å². The number of unbranched alkanes of at least 4 members (excludes halogenated alkanes) is 4. The van der Waals surface area contributed by atoms with E-state index in [4.69, 9.17) is 0 Å². The first-order chi connectivity index (χ1) is 6.31. The van der Waals surface area contributed by atoms with E-state index in [1.165, 1.54) is 19.3 Å². The molecule has 0 rings (SSSR count). The lowest BCUT2D eigenvalue weighted by Gasteiger charge is -1.99. The van der Waals surface area contributed by atoms with Crippen molar-refractivity contribution in [3.8, 4) is 11.8 Å². The molecule has 0 aliphatic rings. The predicted octanol–water partition coefficient (Wildman–Crippen LogP) is 3.12. The fraction of sp³-hybridized carbons (Fsp3) is 0.833. The molecule has 0 aliphatic heterocycles. The van der Waals surface area contributed by atoms with E-state index < -0.39 is 0 Å². The van der Waals surface area contributed by atoms with Gasteiger partial charge in [0.05, 0.1) is 0 Å². The van der Waals surface area contributed by atoms with Crippen molar-refractivity contribution >= 4 is 0 Å². The molecule has 0 bridgehead atoms. The highest BCUT2D eigenvalue weighted by Crippen LogP contribution is 2.00. The molecule has 0 saturated carbocycles. The van der Waals surface area contributed by atoms with Gasteiger partial charge in [-0.05, 0) is 12.8 Å². The molecular formula is C12H22O. The number of aliphatic hydroxyl groups is 1. The van der Waals surface area contributed by atoms with Gasteiger partial charge in [-0.2, -0.15) is 0 Å². The molecule has 0 aliphatic carbocycles. The summed E-state index contributed by atoms with van der Waals surface area (Å²) in [4.78, 5) is 0. The Hall–Kier alpha value is -0.480. The Bertz CT molecular complexity index is 152. The van der Waals surface area contributed by atoms with Gasteiger partial charge in [0.2, 0.25) is 0 Å². The minimum Gasteiger partial charge on any atom is -0.380 e.